The molecule has 0 saturated carbocycles. The van der Waals surface area contributed by atoms with Crippen LogP contribution in [0.3, 0.4) is 0 Å². The van der Waals surface area contributed by atoms with E-state index in [4.69, 9.17) is 23.2 Å². The van der Waals surface area contributed by atoms with Crippen LogP contribution in [0, 0.1) is 5.82 Å². The van der Waals surface area contributed by atoms with Crippen molar-refractivity contribution in [2.45, 2.75) is 19.8 Å². The predicted molar refractivity (Wildman–Crippen MR) is 102 cm³/mol. The summed E-state index contributed by atoms with van der Waals surface area (Å²) < 4.78 is 13.1. The van der Waals surface area contributed by atoms with Crippen LogP contribution < -0.4 is 5.32 Å². The van der Waals surface area contributed by atoms with Crippen molar-refractivity contribution < 1.29 is 14.0 Å². The molecule has 0 aliphatic carbocycles. The van der Waals surface area contributed by atoms with E-state index < -0.39 is 5.82 Å². The summed E-state index contributed by atoms with van der Waals surface area (Å²) in [4.78, 5) is 25.5. The van der Waals surface area contributed by atoms with Crippen molar-refractivity contribution in [3.63, 3.8) is 0 Å². The lowest BCUT2D eigenvalue weighted by Crippen LogP contribution is -2.33. The zero-order valence-electron chi connectivity index (χ0n) is 14.3. The number of carbonyl (C=O) groups excluding carboxylic acids is 2. The topological polar surface area (TPSA) is 49.4 Å². The van der Waals surface area contributed by atoms with E-state index in [1.54, 1.807) is 11.0 Å². The predicted octanol–water partition coefficient (Wildman–Crippen LogP) is 4.55. The molecule has 0 bridgehead atoms. The quantitative estimate of drug-likeness (QED) is 0.745. The second-order valence-electron chi connectivity index (χ2n) is 5.81. The molecule has 138 valence electrons. The molecule has 2 amide bonds. The molecule has 7 heteroatoms. The van der Waals surface area contributed by atoms with Crippen LogP contribution in [0.2, 0.25) is 10.0 Å². The Kier molecular flexibility index (Phi) is 7.42. The molecule has 0 aromatic heterocycles. The number of nitrogens with one attached hydrogen (secondary N) is 1. The molecule has 0 heterocycles. The molecule has 2 aromatic rings. The van der Waals surface area contributed by atoms with Gasteiger partial charge in [-0.2, -0.15) is 0 Å². The average molecular weight is 397 g/mol. The van der Waals surface area contributed by atoms with E-state index in [0.29, 0.717) is 23.7 Å². The summed E-state index contributed by atoms with van der Waals surface area (Å²) in [6, 6.07) is 11.4. The third-order valence-corrected chi connectivity index (χ3v) is 4.34. The van der Waals surface area contributed by atoms with E-state index >= 15 is 0 Å². The molecule has 0 spiro atoms. The van der Waals surface area contributed by atoms with Crippen molar-refractivity contribution >= 4 is 40.7 Å². The van der Waals surface area contributed by atoms with Gasteiger partial charge in [-0.25, -0.2) is 4.39 Å². The highest BCUT2D eigenvalue weighted by Gasteiger charge is 2.12. The molecule has 0 aliphatic rings. The minimum Gasteiger partial charge on any atom is -0.342 e. The van der Waals surface area contributed by atoms with Gasteiger partial charge in [-0.3, -0.25) is 9.59 Å². The first kappa shape index (κ1) is 20.2. The van der Waals surface area contributed by atoms with Gasteiger partial charge in [-0.1, -0.05) is 35.3 Å². The maximum absolute atomic E-state index is 13.1. The van der Waals surface area contributed by atoms with E-state index in [2.05, 4.69) is 5.32 Å². The van der Waals surface area contributed by atoms with E-state index in [1.165, 1.54) is 25.1 Å². The van der Waals surface area contributed by atoms with Crippen molar-refractivity contribution in [2.75, 3.05) is 18.4 Å². The number of halogens is 3. The van der Waals surface area contributed by atoms with Crippen molar-refractivity contribution in [3.8, 4) is 0 Å². The zero-order valence-corrected chi connectivity index (χ0v) is 15.8. The molecule has 0 radical (unpaired) electrons. The van der Waals surface area contributed by atoms with Crippen molar-refractivity contribution in [1.29, 1.82) is 0 Å². The first-order chi connectivity index (χ1) is 12.3. The van der Waals surface area contributed by atoms with Crippen LogP contribution >= 0.6 is 23.2 Å². The van der Waals surface area contributed by atoms with Gasteiger partial charge in [0.1, 0.15) is 5.82 Å². The first-order valence-electron chi connectivity index (χ1n) is 8.10. The molecule has 0 aliphatic heterocycles. The monoisotopic (exact) mass is 396 g/mol. The Hall–Kier alpha value is -2.11. The number of amides is 2. The Morgan fingerprint density at radius 3 is 2.54 bits per heavy atom. The minimum absolute atomic E-state index is 0.0605. The third-order valence-electron chi connectivity index (χ3n) is 3.82. The van der Waals surface area contributed by atoms with Crippen LogP contribution in [-0.4, -0.2) is 29.8 Å². The smallest absolute Gasteiger partial charge is 0.226 e. The lowest BCUT2D eigenvalue weighted by Gasteiger charge is -2.21. The summed E-state index contributed by atoms with van der Waals surface area (Å²) in [5, 5.41) is 3.23. The molecule has 0 atom stereocenters. The van der Waals surface area contributed by atoms with Gasteiger partial charge in [0.05, 0.1) is 5.02 Å². The van der Waals surface area contributed by atoms with E-state index in [0.717, 1.165) is 5.56 Å². The van der Waals surface area contributed by atoms with Crippen molar-refractivity contribution in [3.05, 3.63) is 63.9 Å². The molecular formula is C19H19Cl2FN2O2. The number of hydrogen-bond donors (Lipinski definition) is 1. The number of rotatable bonds is 7. The first-order valence-corrected chi connectivity index (χ1v) is 8.85. The van der Waals surface area contributed by atoms with Crippen molar-refractivity contribution in [2.24, 2.45) is 0 Å². The van der Waals surface area contributed by atoms with Crippen LogP contribution in [0.4, 0.5) is 10.1 Å². The summed E-state index contributed by atoms with van der Waals surface area (Å²) >= 11 is 11.6. The van der Waals surface area contributed by atoms with E-state index in [1.807, 2.05) is 18.2 Å². The van der Waals surface area contributed by atoms with Crippen LogP contribution in [0.15, 0.2) is 42.5 Å². The molecule has 4 nitrogen and oxygen atoms in total. The second kappa shape index (κ2) is 9.55. The highest BCUT2D eigenvalue weighted by atomic mass is 35.5. The number of carbonyl (C=O) groups is 2. The van der Waals surface area contributed by atoms with Crippen molar-refractivity contribution in [1.82, 2.24) is 4.90 Å². The molecule has 26 heavy (non-hydrogen) atoms. The highest BCUT2D eigenvalue weighted by Crippen LogP contribution is 2.19. The molecule has 2 aromatic carbocycles. The molecule has 1 N–H and O–H groups in total. The maximum atomic E-state index is 13.1. The minimum atomic E-state index is -0.548. The summed E-state index contributed by atoms with van der Waals surface area (Å²) in [6.45, 7) is 2.25. The molecule has 0 saturated heterocycles. The van der Waals surface area contributed by atoms with Crippen LogP contribution in [0.1, 0.15) is 18.9 Å². The van der Waals surface area contributed by atoms with Crippen LogP contribution in [0.5, 0.6) is 0 Å². The number of anilines is 1. The fourth-order valence-corrected chi connectivity index (χ4v) is 2.81. The van der Waals surface area contributed by atoms with Gasteiger partial charge in [-0.05, 0) is 42.3 Å². The third kappa shape index (κ3) is 6.32. The maximum Gasteiger partial charge on any atom is 0.226 e. The Bertz CT molecular complexity index is 799. The van der Waals surface area contributed by atoms with Gasteiger partial charge in [0.15, 0.2) is 0 Å². The van der Waals surface area contributed by atoms with Gasteiger partial charge in [0.25, 0.3) is 0 Å². The molecular weight excluding hydrogens is 378 g/mol. The largest absolute Gasteiger partial charge is 0.342 e. The Morgan fingerprint density at radius 2 is 1.88 bits per heavy atom. The molecule has 0 unspecified atom stereocenters. The average Bonchev–Trinajstić information content (AvgIpc) is 2.58. The Morgan fingerprint density at radius 1 is 1.12 bits per heavy atom. The summed E-state index contributed by atoms with van der Waals surface area (Å²) in [6.07, 6.45) is 0.777. The second-order valence-corrected chi connectivity index (χ2v) is 6.66. The molecule has 2 rings (SSSR count). The van der Waals surface area contributed by atoms with Crippen LogP contribution in [-0.2, 0) is 16.0 Å². The van der Waals surface area contributed by atoms with Gasteiger partial charge < -0.3 is 10.2 Å². The lowest BCUT2D eigenvalue weighted by atomic mass is 10.1. The van der Waals surface area contributed by atoms with Gasteiger partial charge >= 0.3 is 0 Å². The SMILES string of the molecule is CC(=O)N(CCC(=O)Nc1ccc(F)c(Cl)c1)CCc1cccc(Cl)c1. The van der Waals surface area contributed by atoms with E-state index in [9.17, 15) is 14.0 Å². The fourth-order valence-electron chi connectivity index (χ4n) is 2.42. The summed E-state index contributed by atoms with van der Waals surface area (Å²) in [5.41, 5.74) is 1.43. The fraction of sp³-hybridized carbons (Fsp3) is 0.263. The van der Waals surface area contributed by atoms with E-state index in [-0.39, 0.29) is 29.8 Å². The van der Waals surface area contributed by atoms with Crippen LogP contribution in [0.25, 0.3) is 0 Å². The van der Waals surface area contributed by atoms with Gasteiger partial charge in [0.2, 0.25) is 11.8 Å². The van der Waals surface area contributed by atoms with Gasteiger partial charge in [0, 0.05) is 37.1 Å². The normalized spacial score (nSPS) is 10.5. The summed E-state index contributed by atoms with van der Waals surface area (Å²) in [5.74, 6) is -0.931. The number of hydrogen-bond acceptors (Lipinski definition) is 2. The number of benzene rings is 2. The summed E-state index contributed by atoms with van der Waals surface area (Å²) in [7, 11) is 0. The highest BCUT2D eigenvalue weighted by molar-refractivity contribution is 6.31. The Labute approximate surface area is 161 Å². The molecule has 0 fully saturated rings. The standard InChI is InChI=1S/C19H19Cl2FN2O2/c1-13(25)24(9-7-14-3-2-4-15(20)11-14)10-8-19(26)23-16-5-6-18(22)17(21)12-16/h2-6,11-12H,7-10H2,1H3,(H,23,26). The van der Waals surface area contributed by atoms with Gasteiger partial charge in [-0.15, -0.1) is 0 Å². The number of nitrogens with zero attached hydrogens (tertiary/aromatic N) is 1. The zero-order chi connectivity index (χ0) is 19.1. The lowest BCUT2D eigenvalue weighted by molar-refractivity contribution is -0.129. The Balaban J connectivity index is 1.86.